The lowest BCUT2D eigenvalue weighted by atomic mass is 9.98. The Balaban J connectivity index is 1.74. The lowest BCUT2D eigenvalue weighted by molar-refractivity contribution is -0.380. The highest BCUT2D eigenvalue weighted by Crippen LogP contribution is 2.28. The molecule has 2 heterocycles. The number of anilines is 1. The number of nitrogen functional groups attached to an aromatic ring is 1. The predicted molar refractivity (Wildman–Crippen MR) is 79.6 cm³/mol. The molecule has 0 bridgehead atoms. The molecule has 1 aliphatic rings. The fraction of sp³-hybridized carbons (Fsp3) is 0.286. The molecule has 2 aromatic rings. The normalized spacial score (nSPS) is 15.0. The first-order valence-electron chi connectivity index (χ1n) is 6.45. The smallest absolute Gasteiger partial charge is 0.324 e. The minimum atomic E-state index is -0.336. The molecule has 20 heavy (non-hydrogen) atoms. The highest BCUT2D eigenvalue weighted by molar-refractivity contribution is 7.15. The summed E-state index contributed by atoms with van der Waals surface area (Å²) in [5.41, 5.74) is 9.38. The van der Waals surface area contributed by atoms with Gasteiger partial charge in [-0.05, 0) is 29.7 Å². The molecule has 0 saturated carbocycles. The topological polar surface area (TPSA) is 72.4 Å². The van der Waals surface area contributed by atoms with Crippen LogP contribution >= 0.6 is 11.3 Å². The van der Waals surface area contributed by atoms with Gasteiger partial charge in [-0.1, -0.05) is 23.5 Å². The molecule has 0 amide bonds. The maximum absolute atomic E-state index is 10.7. The Morgan fingerprint density at radius 2 is 2.20 bits per heavy atom. The number of nitrogens with two attached hydrogens (primary N) is 1. The number of hydrogen-bond acceptors (Lipinski definition) is 5. The highest BCUT2D eigenvalue weighted by Gasteiger charge is 2.19. The van der Waals surface area contributed by atoms with Crippen LogP contribution in [0.3, 0.4) is 0 Å². The van der Waals surface area contributed by atoms with Gasteiger partial charge in [0.2, 0.25) is 0 Å². The maximum atomic E-state index is 10.7. The van der Waals surface area contributed by atoms with Gasteiger partial charge in [0, 0.05) is 36.3 Å². The van der Waals surface area contributed by atoms with Crippen LogP contribution in [0.2, 0.25) is 0 Å². The number of hydrogen-bond donors (Lipinski definition) is 1. The largest absolute Gasteiger partial charge is 0.398 e. The zero-order valence-electron chi connectivity index (χ0n) is 10.9. The number of rotatable bonds is 3. The van der Waals surface area contributed by atoms with Crippen molar-refractivity contribution in [3.05, 3.63) is 56.5 Å². The van der Waals surface area contributed by atoms with Crippen molar-refractivity contribution < 1.29 is 4.92 Å². The summed E-state index contributed by atoms with van der Waals surface area (Å²) in [4.78, 5) is 13.7. The van der Waals surface area contributed by atoms with Gasteiger partial charge in [-0.15, -0.1) is 0 Å². The van der Waals surface area contributed by atoms with Crippen molar-refractivity contribution >= 4 is 22.0 Å². The number of thiophene rings is 1. The Morgan fingerprint density at radius 3 is 2.95 bits per heavy atom. The molecule has 0 atom stereocenters. The molecule has 1 aromatic carbocycles. The summed E-state index contributed by atoms with van der Waals surface area (Å²) in [6.45, 7) is 2.52. The average Bonchev–Trinajstić information content (AvgIpc) is 2.88. The summed E-state index contributed by atoms with van der Waals surface area (Å²) in [5.74, 6) is 0. The van der Waals surface area contributed by atoms with Crippen LogP contribution in [0.4, 0.5) is 10.7 Å². The second kappa shape index (κ2) is 5.22. The first-order chi connectivity index (χ1) is 9.63. The quantitative estimate of drug-likeness (QED) is 0.536. The fourth-order valence-electron chi connectivity index (χ4n) is 2.57. The SMILES string of the molecule is Nc1cccc2c1CN(Cc1ccc([N+](=O)[O-])s1)CC2. The van der Waals surface area contributed by atoms with Gasteiger partial charge >= 0.3 is 5.00 Å². The van der Waals surface area contributed by atoms with Crippen LogP contribution in [0.1, 0.15) is 16.0 Å². The maximum Gasteiger partial charge on any atom is 0.324 e. The van der Waals surface area contributed by atoms with Crippen LogP contribution in [0, 0.1) is 10.1 Å². The number of nitro groups is 1. The van der Waals surface area contributed by atoms with Gasteiger partial charge in [0.05, 0.1) is 4.92 Å². The lowest BCUT2D eigenvalue weighted by Gasteiger charge is -2.29. The van der Waals surface area contributed by atoms with Crippen molar-refractivity contribution in [1.29, 1.82) is 0 Å². The van der Waals surface area contributed by atoms with Crippen LogP contribution in [-0.2, 0) is 19.5 Å². The van der Waals surface area contributed by atoms with Gasteiger partial charge in [0.25, 0.3) is 0 Å². The second-order valence-electron chi connectivity index (χ2n) is 4.94. The van der Waals surface area contributed by atoms with Crippen molar-refractivity contribution in [2.45, 2.75) is 19.5 Å². The van der Waals surface area contributed by atoms with Gasteiger partial charge in [0.15, 0.2) is 0 Å². The minimum absolute atomic E-state index is 0.205. The highest BCUT2D eigenvalue weighted by atomic mass is 32.1. The van der Waals surface area contributed by atoms with E-state index in [1.807, 2.05) is 18.2 Å². The summed E-state index contributed by atoms with van der Waals surface area (Å²) in [5, 5.41) is 10.9. The minimum Gasteiger partial charge on any atom is -0.398 e. The van der Waals surface area contributed by atoms with Gasteiger partial charge in [0.1, 0.15) is 0 Å². The molecule has 0 saturated heterocycles. The van der Waals surface area contributed by atoms with Crippen LogP contribution < -0.4 is 5.73 Å². The lowest BCUT2D eigenvalue weighted by Crippen LogP contribution is -2.30. The van der Waals surface area contributed by atoms with Crippen molar-refractivity contribution in [3.8, 4) is 0 Å². The third-order valence-electron chi connectivity index (χ3n) is 3.60. The number of fused-ring (bicyclic) bond motifs is 1. The summed E-state index contributed by atoms with van der Waals surface area (Å²) < 4.78 is 0. The molecule has 2 N–H and O–H groups in total. The van der Waals surface area contributed by atoms with E-state index >= 15 is 0 Å². The third-order valence-corrected chi connectivity index (χ3v) is 4.62. The van der Waals surface area contributed by atoms with E-state index < -0.39 is 0 Å². The van der Waals surface area contributed by atoms with E-state index in [1.165, 1.54) is 22.5 Å². The molecule has 104 valence electrons. The van der Waals surface area contributed by atoms with Crippen LogP contribution in [0.15, 0.2) is 30.3 Å². The Hall–Kier alpha value is -1.92. The Labute approximate surface area is 120 Å². The number of benzene rings is 1. The van der Waals surface area contributed by atoms with Gasteiger partial charge in [-0.2, -0.15) is 0 Å². The molecule has 5 nitrogen and oxygen atoms in total. The molecule has 0 aliphatic carbocycles. The first kappa shape index (κ1) is 13.1. The summed E-state index contributed by atoms with van der Waals surface area (Å²) >= 11 is 1.25. The van der Waals surface area contributed by atoms with Crippen molar-refractivity contribution in [3.63, 3.8) is 0 Å². The van der Waals surface area contributed by atoms with Gasteiger partial charge in [-0.3, -0.25) is 15.0 Å². The molecule has 6 heteroatoms. The van der Waals surface area contributed by atoms with E-state index in [-0.39, 0.29) is 9.92 Å². The van der Waals surface area contributed by atoms with Crippen LogP contribution in [0.5, 0.6) is 0 Å². The molecular formula is C14H15N3O2S. The van der Waals surface area contributed by atoms with E-state index in [2.05, 4.69) is 11.0 Å². The fourth-order valence-corrected chi connectivity index (χ4v) is 3.43. The molecule has 3 rings (SSSR count). The predicted octanol–water partition coefficient (Wildman–Crippen LogP) is 2.80. The second-order valence-corrected chi connectivity index (χ2v) is 6.09. The number of nitrogens with zero attached hydrogens (tertiary/aromatic N) is 2. The summed E-state index contributed by atoms with van der Waals surface area (Å²) in [7, 11) is 0. The van der Waals surface area contributed by atoms with E-state index in [0.29, 0.717) is 0 Å². The van der Waals surface area contributed by atoms with Crippen molar-refractivity contribution in [2.75, 3.05) is 12.3 Å². The standard InChI is InChI=1S/C14H15N3O2S/c15-13-3-1-2-10-6-7-16(9-12(10)13)8-11-4-5-14(20-11)17(18)19/h1-5H,6-9,15H2. The molecule has 1 aromatic heterocycles. The summed E-state index contributed by atoms with van der Waals surface area (Å²) in [6.07, 6.45) is 0.980. The Bertz CT molecular complexity index is 654. The average molecular weight is 289 g/mol. The molecule has 0 unspecified atom stereocenters. The van der Waals surface area contributed by atoms with Crippen LogP contribution in [0.25, 0.3) is 0 Å². The Morgan fingerprint density at radius 1 is 1.35 bits per heavy atom. The molecule has 1 aliphatic heterocycles. The third kappa shape index (κ3) is 2.52. The van der Waals surface area contributed by atoms with E-state index in [4.69, 9.17) is 5.73 Å². The first-order valence-corrected chi connectivity index (χ1v) is 7.27. The Kier molecular flexibility index (Phi) is 3.42. The molecule has 0 fully saturated rings. The van der Waals surface area contributed by atoms with E-state index in [0.717, 1.165) is 36.6 Å². The van der Waals surface area contributed by atoms with Crippen molar-refractivity contribution in [1.82, 2.24) is 4.90 Å². The van der Waals surface area contributed by atoms with Crippen molar-refractivity contribution in [2.24, 2.45) is 0 Å². The van der Waals surface area contributed by atoms with Gasteiger partial charge < -0.3 is 5.73 Å². The molecule has 0 spiro atoms. The van der Waals surface area contributed by atoms with Gasteiger partial charge in [-0.25, -0.2) is 0 Å². The zero-order chi connectivity index (χ0) is 14.1. The van der Waals surface area contributed by atoms with Crippen LogP contribution in [-0.4, -0.2) is 16.4 Å². The van der Waals surface area contributed by atoms with E-state index in [9.17, 15) is 10.1 Å². The zero-order valence-corrected chi connectivity index (χ0v) is 11.7. The molecule has 0 radical (unpaired) electrons. The monoisotopic (exact) mass is 289 g/mol. The summed E-state index contributed by atoms with van der Waals surface area (Å²) in [6, 6.07) is 9.46. The van der Waals surface area contributed by atoms with E-state index in [1.54, 1.807) is 6.07 Å². The molecular weight excluding hydrogens is 274 g/mol.